The number of anilines is 3. The predicted octanol–water partition coefficient (Wildman–Crippen LogP) is 5.51. The Kier molecular flexibility index (Phi) is 7.57. The Morgan fingerprint density at radius 2 is 1.76 bits per heavy atom. The van der Waals surface area contributed by atoms with Crippen molar-refractivity contribution >= 4 is 27.1 Å². The largest absolute Gasteiger partial charge is 0.493 e. The molecule has 0 atom stereocenters. The van der Waals surface area contributed by atoms with Crippen LogP contribution in [0.5, 0.6) is 11.5 Å². The first-order valence-electron chi connectivity index (χ1n) is 11.6. The van der Waals surface area contributed by atoms with Gasteiger partial charge in [-0.15, -0.1) is 0 Å². The molecule has 1 fully saturated rings. The molecule has 1 saturated carbocycles. The number of aromatic nitrogens is 1. The van der Waals surface area contributed by atoms with Gasteiger partial charge in [0.2, 0.25) is 10.0 Å². The smallest absolute Gasteiger partial charge is 0.232 e. The second-order valence-corrected chi connectivity index (χ2v) is 10.4. The summed E-state index contributed by atoms with van der Waals surface area (Å²) in [7, 11) is -1.68. The maximum absolute atomic E-state index is 11.9. The molecule has 0 radical (unpaired) electrons. The van der Waals surface area contributed by atoms with Crippen LogP contribution in [0.2, 0.25) is 0 Å². The van der Waals surface area contributed by atoms with Gasteiger partial charge in [-0.05, 0) is 80.6 Å². The van der Waals surface area contributed by atoms with Gasteiger partial charge < -0.3 is 14.4 Å². The molecule has 2 aromatic carbocycles. The summed E-state index contributed by atoms with van der Waals surface area (Å²) in [6.07, 6.45) is 8.30. The molecule has 1 aromatic heterocycles. The first-order valence-corrected chi connectivity index (χ1v) is 13.2. The van der Waals surface area contributed by atoms with E-state index in [-0.39, 0.29) is 11.9 Å². The first kappa shape index (κ1) is 23.9. The zero-order valence-electron chi connectivity index (χ0n) is 19.6. The molecular weight excluding hydrogens is 450 g/mol. The van der Waals surface area contributed by atoms with Gasteiger partial charge in [0.15, 0.2) is 11.5 Å². The zero-order chi connectivity index (χ0) is 24.0. The van der Waals surface area contributed by atoms with Crippen molar-refractivity contribution in [3.8, 4) is 11.5 Å². The standard InChI is InChI=1S/C26H31N3O4S/c1-3-34(30,31)28-21-10-12-22(13-11-21)29(19-20-7-6-16-27-18-20)23-14-15-25(32-2)26(17-23)33-24-8-4-5-9-24/h6-7,10-18,24,28H,3-5,8-9,19H2,1-2H3. The number of pyridine rings is 1. The number of nitrogens with one attached hydrogen (secondary N) is 1. The highest BCUT2D eigenvalue weighted by molar-refractivity contribution is 7.92. The molecule has 8 heteroatoms. The number of rotatable bonds is 10. The molecule has 1 aliphatic carbocycles. The lowest BCUT2D eigenvalue weighted by Gasteiger charge is -2.27. The minimum absolute atomic E-state index is 0.0253. The van der Waals surface area contributed by atoms with E-state index in [1.165, 1.54) is 12.8 Å². The Labute approximate surface area is 201 Å². The van der Waals surface area contributed by atoms with Crippen LogP contribution in [0.3, 0.4) is 0 Å². The van der Waals surface area contributed by atoms with Gasteiger partial charge in [-0.1, -0.05) is 6.07 Å². The van der Waals surface area contributed by atoms with E-state index in [0.717, 1.165) is 35.5 Å². The van der Waals surface area contributed by atoms with Gasteiger partial charge in [-0.3, -0.25) is 9.71 Å². The Hall–Kier alpha value is -3.26. The van der Waals surface area contributed by atoms with E-state index in [0.29, 0.717) is 18.0 Å². The number of benzene rings is 2. The molecular formula is C26H31N3O4S. The van der Waals surface area contributed by atoms with Crippen LogP contribution in [0.25, 0.3) is 0 Å². The van der Waals surface area contributed by atoms with Gasteiger partial charge in [0, 0.05) is 42.1 Å². The van der Waals surface area contributed by atoms with Crippen LogP contribution in [-0.4, -0.2) is 32.4 Å². The Bertz CT molecular complexity index is 1180. The maximum Gasteiger partial charge on any atom is 0.232 e. The second kappa shape index (κ2) is 10.8. The third-order valence-corrected chi connectivity index (χ3v) is 7.26. The zero-order valence-corrected chi connectivity index (χ0v) is 20.4. The number of nitrogens with zero attached hydrogens (tertiary/aromatic N) is 2. The van der Waals surface area contributed by atoms with Crippen molar-refractivity contribution in [2.24, 2.45) is 0 Å². The quantitative estimate of drug-likeness (QED) is 0.411. The molecule has 0 amide bonds. The highest BCUT2D eigenvalue weighted by atomic mass is 32.2. The molecule has 3 aromatic rings. The third kappa shape index (κ3) is 5.99. The molecule has 0 unspecified atom stereocenters. The van der Waals surface area contributed by atoms with E-state index < -0.39 is 10.0 Å². The van der Waals surface area contributed by atoms with Crippen molar-refractivity contribution in [1.82, 2.24) is 4.98 Å². The summed E-state index contributed by atoms with van der Waals surface area (Å²) in [5, 5.41) is 0. The number of hydrogen-bond donors (Lipinski definition) is 1. The van der Waals surface area contributed by atoms with Crippen LogP contribution in [0.15, 0.2) is 67.0 Å². The summed E-state index contributed by atoms with van der Waals surface area (Å²) in [6, 6.07) is 17.3. The molecule has 0 bridgehead atoms. The number of hydrogen-bond acceptors (Lipinski definition) is 6. The highest BCUT2D eigenvalue weighted by Gasteiger charge is 2.20. The molecule has 1 heterocycles. The van der Waals surface area contributed by atoms with Crippen LogP contribution in [0, 0.1) is 0 Å². The van der Waals surface area contributed by atoms with Crippen molar-refractivity contribution < 1.29 is 17.9 Å². The predicted molar refractivity (Wildman–Crippen MR) is 135 cm³/mol. The van der Waals surface area contributed by atoms with E-state index in [4.69, 9.17) is 9.47 Å². The topological polar surface area (TPSA) is 80.8 Å². The summed E-state index contributed by atoms with van der Waals surface area (Å²) >= 11 is 0. The Morgan fingerprint density at radius 1 is 1.03 bits per heavy atom. The summed E-state index contributed by atoms with van der Waals surface area (Å²) in [4.78, 5) is 6.40. The molecule has 180 valence electrons. The lowest BCUT2D eigenvalue weighted by Crippen LogP contribution is -2.18. The molecule has 0 aliphatic heterocycles. The van der Waals surface area contributed by atoms with Crippen LogP contribution in [-0.2, 0) is 16.6 Å². The van der Waals surface area contributed by atoms with Gasteiger partial charge in [-0.25, -0.2) is 8.42 Å². The highest BCUT2D eigenvalue weighted by Crippen LogP contribution is 2.38. The average Bonchev–Trinajstić information content (AvgIpc) is 3.37. The first-order chi connectivity index (χ1) is 16.5. The second-order valence-electron chi connectivity index (χ2n) is 8.36. The molecule has 0 spiro atoms. The van der Waals surface area contributed by atoms with Crippen molar-refractivity contribution in [1.29, 1.82) is 0 Å². The van der Waals surface area contributed by atoms with Crippen LogP contribution < -0.4 is 19.1 Å². The van der Waals surface area contributed by atoms with Gasteiger partial charge in [0.1, 0.15) is 0 Å². The monoisotopic (exact) mass is 481 g/mol. The number of methoxy groups -OCH3 is 1. The number of ether oxygens (including phenoxy) is 2. The van der Waals surface area contributed by atoms with E-state index in [9.17, 15) is 8.42 Å². The van der Waals surface area contributed by atoms with E-state index in [1.807, 2.05) is 48.7 Å². The van der Waals surface area contributed by atoms with E-state index in [2.05, 4.69) is 14.6 Å². The van der Waals surface area contributed by atoms with Crippen LogP contribution in [0.4, 0.5) is 17.1 Å². The summed E-state index contributed by atoms with van der Waals surface area (Å²) in [6.45, 7) is 2.20. The summed E-state index contributed by atoms with van der Waals surface area (Å²) in [5.41, 5.74) is 3.44. The van der Waals surface area contributed by atoms with Gasteiger partial charge in [0.25, 0.3) is 0 Å². The molecule has 1 N–H and O–H groups in total. The fourth-order valence-electron chi connectivity index (χ4n) is 4.08. The summed E-state index contributed by atoms with van der Waals surface area (Å²) < 4.78 is 38.4. The summed E-state index contributed by atoms with van der Waals surface area (Å²) in [5.74, 6) is 1.47. The van der Waals surface area contributed by atoms with Gasteiger partial charge in [0.05, 0.1) is 19.0 Å². The van der Waals surface area contributed by atoms with Crippen molar-refractivity contribution in [3.05, 3.63) is 72.6 Å². The third-order valence-electron chi connectivity index (χ3n) is 5.95. The van der Waals surface area contributed by atoms with E-state index in [1.54, 1.807) is 32.4 Å². The van der Waals surface area contributed by atoms with Crippen LogP contribution in [0.1, 0.15) is 38.2 Å². The molecule has 34 heavy (non-hydrogen) atoms. The fraction of sp³-hybridized carbons (Fsp3) is 0.346. The lowest BCUT2D eigenvalue weighted by atomic mass is 10.1. The lowest BCUT2D eigenvalue weighted by molar-refractivity contribution is 0.201. The van der Waals surface area contributed by atoms with Gasteiger partial charge in [-0.2, -0.15) is 0 Å². The van der Waals surface area contributed by atoms with Crippen molar-refractivity contribution in [2.75, 3.05) is 22.5 Å². The van der Waals surface area contributed by atoms with Crippen LogP contribution >= 0.6 is 0 Å². The van der Waals surface area contributed by atoms with Crippen molar-refractivity contribution in [2.45, 2.75) is 45.3 Å². The van der Waals surface area contributed by atoms with E-state index >= 15 is 0 Å². The molecule has 4 rings (SSSR count). The average molecular weight is 482 g/mol. The SMILES string of the molecule is CCS(=O)(=O)Nc1ccc(N(Cc2cccnc2)c2ccc(OC)c(OC3CCCC3)c2)cc1. The normalized spacial score (nSPS) is 14.1. The maximum atomic E-state index is 11.9. The van der Waals surface area contributed by atoms with Crippen molar-refractivity contribution in [3.63, 3.8) is 0 Å². The molecule has 1 aliphatic rings. The Balaban J connectivity index is 1.67. The Morgan fingerprint density at radius 3 is 2.41 bits per heavy atom. The molecule has 0 saturated heterocycles. The fourth-order valence-corrected chi connectivity index (χ4v) is 4.72. The van der Waals surface area contributed by atoms with Gasteiger partial charge >= 0.3 is 0 Å². The minimum Gasteiger partial charge on any atom is -0.493 e. The molecule has 7 nitrogen and oxygen atoms in total. The number of sulfonamides is 1. The minimum atomic E-state index is -3.33.